The molecule has 0 bridgehead atoms. The molecular weight excluding hydrogens is 434 g/mol. The normalized spacial score (nSPS) is 15.1. The summed E-state index contributed by atoms with van der Waals surface area (Å²) < 4.78 is 5.30. The van der Waals surface area contributed by atoms with E-state index in [0.29, 0.717) is 21.4 Å². The van der Waals surface area contributed by atoms with E-state index in [2.05, 4.69) is 10.3 Å². The molecule has 158 valence electrons. The molecule has 1 N–H and O–H groups in total. The fourth-order valence-corrected chi connectivity index (χ4v) is 4.59. The van der Waals surface area contributed by atoms with E-state index >= 15 is 0 Å². The number of aromatic nitrogens is 1. The summed E-state index contributed by atoms with van der Waals surface area (Å²) in [5.41, 5.74) is 2.62. The molecule has 2 aromatic heterocycles. The van der Waals surface area contributed by atoms with Crippen LogP contribution in [0.15, 0.2) is 57.4 Å². The van der Waals surface area contributed by atoms with Crippen LogP contribution in [0.1, 0.15) is 16.8 Å². The summed E-state index contributed by atoms with van der Waals surface area (Å²) in [4.78, 5) is 42.9. The summed E-state index contributed by atoms with van der Waals surface area (Å²) in [6.07, 6.45) is 3.40. The van der Waals surface area contributed by atoms with E-state index in [1.807, 2.05) is 42.6 Å². The Morgan fingerprint density at radius 1 is 1.23 bits per heavy atom. The van der Waals surface area contributed by atoms with Gasteiger partial charge in [-0.25, -0.2) is 4.98 Å². The summed E-state index contributed by atoms with van der Waals surface area (Å²) in [7, 11) is 0. The Morgan fingerprint density at radius 2 is 2.03 bits per heavy atom. The first-order valence-corrected chi connectivity index (χ1v) is 11.3. The quantitative estimate of drug-likeness (QED) is 0.542. The molecule has 9 heteroatoms. The van der Waals surface area contributed by atoms with Crippen molar-refractivity contribution in [2.24, 2.45) is 0 Å². The van der Waals surface area contributed by atoms with Gasteiger partial charge < -0.3 is 9.73 Å². The van der Waals surface area contributed by atoms with Crippen LogP contribution in [0, 0.1) is 6.92 Å². The van der Waals surface area contributed by atoms with Gasteiger partial charge in [-0.3, -0.25) is 19.3 Å². The maximum absolute atomic E-state index is 12.6. The van der Waals surface area contributed by atoms with Gasteiger partial charge in [-0.05, 0) is 42.5 Å². The molecule has 4 rings (SSSR count). The number of rotatable bonds is 7. The lowest BCUT2D eigenvalue weighted by Gasteiger charge is -2.12. The second kappa shape index (κ2) is 9.32. The number of thioether (sulfide) groups is 1. The fraction of sp³-hybridized carbons (Fsp3) is 0.182. The van der Waals surface area contributed by atoms with E-state index in [0.717, 1.165) is 27.8 Å². The Hall–Kier alpha value is -3.17. The molecular formula is C22H19N3O4S2. The number of benzene rings is 1. The number of amides is 3. The number of hydrogen-bond acceptors (Lipinski definition) is 7. The molecule has 3 amide bonds. The second-order valence-corrected chi connectivity index (χ2v) is 8.74. The molecule has 0 saturated carbocycles. The van der Waals surface area contributed by atoms with E-state index in [9.17, 15) is 14.4 Å². The Kier molecular flexibility index (Phi) is 6.34. The molecule has 31 heavy (non-hydrogen) atoms. The van der Waals surface area contributed by atoms with Crippen LogP contribution in [0.4, 0.5) is 4.79 Å². The highest BCUT2D eigenvalue weighted by molar-refractivity contribution is 8.18. The number of carbonyl (C=O) groups excluding carboxylic acids is 3. The van der Waals surface area contributed by atoms with Crippen LogP contribution in [0.3, 0.4) is 0 Å². The number of nitrogens with zero attached hydrogens (tertiary/aromatic N) is 2. The Labute approximate surface area is 187 Å². The van der Waals surface area contributed by atoms with E-state index in [1.165, 1.54) is 11.3 Å². The van der Waals surface area contributed by atoms with Gasteiger partial charge in [0.15, 0.2) is 10.8 Å². The molecule has 7 nitrogen and oxygen atoms in total. The second-order valence-electron chi connectivity index (χ2n) is 6.89. The van der Waals surface area contributed by atoms with Gasteiger partial charge in [0.05, 0.1) is 23.3 Å². The van der Waals surface area contributed by atoms with Crippen molar-refractivity contribution in [2.75, 3.05) is 13.1 Å². The number of furan rings is 1. The third-order valence-corrected chi connectivity index (χ3v) is 6.34. The summed E-state index contributed by atoms with van der Waals surface area (Å²) in [5, 5.41) is 4.93. The molecule has 1 aliphatic heterocycles. The first-order valence-electron chi connectivity index (χ1n) is 9.56. The monoisotopic (exact) mass is 453 g/mol. The summed E-state index contributed by atoms with van der Waals surface area (Å²) in [5.74, 6) is 0.0978. The predicted octanol–water partition coefficient (Wildman–Crippen LogP) is 4.11. The number of thiazole rings is 1. The van der Waals surface area contributed by atoms with Gasteiger partial charge in [-0.1, -0.05) is 29.8 Å². The molecule has 0 unspecified atom stereocenters. The average molecular weight is 454 g/mol. The zero-order valence-electron chi connectivity index (χ0n) is 16.7. The molecule has 1 fully saturated rings. The first kappa shape index (κ1) is 21.1. The summed E-state index contributed by atoms with van der Waals surface area (Å²) in [6, 6.07) is 11.3. The van der Waals surface area contributed by atoms with Crippen LogP contribution >= 0.6 is 23.1 Å². The lowest BCUT2D eigenvalue weighted by Crippen LogP contribution is -2.37. The van der Waals surface area contributed by atoms with Gasteiger partial charge in [-0.15, -0.1) is 11.3 Å². The van der Waals surface area contributed by atoms with Gasteiger partial charge in [0.1, 0.15) is 0 Å². The van der Waals surface area contributed by atoms with E-state index < -0.39 is 0 Å². The number of imide groups is 1. The Balaban J connectivity index is 1.28. The number of hydrogen-bond donors (Lipinski definition) is 1. The third-order valence-electron chi connectivity index (χ3n) is 4.53. The number of carbonyl (C=O) groups is 3. The SMILES string of the molecule is Cc1ccc(/C=C2\SC(=O)N(CCNC(=O)Cc3csc(-c4ccco4)n3)C2=O)cc1. The third kappa shape index (κ3) is 5.12. The van der Waals surface area contributed by atoms with E-state index in [-0.39, 0.29) is 36.6 Å². The molecule has 1 aromatic carbocycles. The van der Waals surface area contributed by atoms with E-state index in [1.54, 1.807) is 18.4 Å². The molecule has 3 aromatic rings. The van der Waals surface area contributed by atoms with Gasteiger partial charge in [-0.2, -0.15) is 0 Å². The van der Waals surface area contributed by atoms with Crippen molar-refractivity contribution in [3.63, 3.8) is 0 Å². The minimum atomic E-state index is -0.340. The minimum absolute atomic E-state index is 0.117. The largest absolute Gasteiger partial charge is 0.462 e. The van der Waals surface area contributed by atoms with Crippen LogP contribution < -0.4 is 5.32 Å². The molecule has 1 saturated heterocycles. The van der Waals surface area contributed by atoms with Crippen molar-refractivity contribution in [1.82, 2.24) is 15.2 Å². The Bertz CT molecular complexity index is 1130. The van der Waals surface area contributed by atoms with Crippen LogP contribution in [0.2, 0.25) is 0 Å². The van der Waals surface area contributed by atoms with E-state index in [4.69, 9.17) is 4.42 Å². The first-order chi connectivity index (χ1) is 15.0. The molecule has 3 heterocycles. The zero-order chi connectivity index (χ0) is 21.8. The minimum Gasteiger partial charge on any atom is -0.462 e. The molecule has 0 radical (unpaired) electrons. The van der Waals surface area contributed by atoms with Crippen LogP contribution in [0.25, 0.3) is 16.8 Å². The fourth-order valence-electron chi connectivity index (χ4n) is 2.94. The molecule has 0 aliphatic carbocycles. The van der Waals surface area contributed by atoms with Crippen LogP contribution in [0.5, 0.6) is 0 Å². The van der Waals surface area contributed by atoms with Crippen molar-refractivity contribution in [1.29, 1.82) is 0 Å². The topological polar surface area (TPSA) is 92.5 Å². The molecule has 1 aliphatic rings. The summed E-state index contributed by atoms with van der Waals surface area (Å²) in [6.45, 7) is 2.29. The smallest absolute Gasteiger partial charge is 0.293 e. The Morgan fingerprint density at radius 3 is 2.77 bits per heavy atom. The van der Waals surface area contributed by atoms with Crippen molar-refractivity contribution in [2.45, 2.75) is 13.3 Å². The predicted molar refractivity (Wildman–Crippen MR) is 120 cm³/mol. The maximum atomic E-state index is 12.6. The average Bonchev–Trinajstić information content (AvgIpc) is 3.48. The van der Waals surface area contributed by atoms with Crippen molar-refractivity contribution >= 4 is 46.2 Å². The maximum Gasteiger partial charge on any atom is 0.293 e. The van der Waals surface area contributed by atoms with Gasteiger partial charge in [0, 0.05) is 18.5 Å². The highest BCUT2D eigenvalue weighted by Crippen LogP contribution is 2.32. The lowest BCUT2D eigenvalue weighted by molar-refractivity contribution is -0.124. The van der Waals surface area contributed by atoms with Crippen LogP contribution in [-0.2, 0) is 16.0 Å². The molecule has 0 spiro atoms. The zero-order valence-corrected chi connectivity index (χ0v) is 18.3. The highest BCUT2D eigenvalue weighted by atomic mass is 32.2. The summed E-state index contributed by atoms with van der Waals surface area (Å²) >= 11 is 2.32. The standard InChI is InChI=1S/C22H19N3O4S2/c1-14-4-6-15(7-5-14)11-18-21(27)25(22(28)31-18)9-8-23-19(26)12-16-13-30-20(24-16)17-3-2-10-29-17/h2-7,10-11,13H,8-9,12H2,1H3,(H,23,26)/b18-11-. The highest BCUT2D eigenvalue weighted by Gasteiger charge is 2.34. The van der Waals surface area contributed by atoms with Crippen molar-refractivity contribution in [3.05, 3.63) is 69.8 Å². The van der Waals surface area contributed by atoms with Crippen molar-refractivity contribution < 1.29 is 18.8 Å². The van der Waals surface area contributed by atoms with Crippen molar-refractivity contribution in [3.8, 4) is 10.8 Å². The van der Waals surface area contributed by atoms with Gasteiger partial charge in [0.2, 0.25) is 5.91 Å². The molecule has 0 atom stereocenters. The lowest BCUT2D eigenvalue weighted by atomic mass is 10.1. The van der Waals surface area contributed by atoms with Gasteiger partial charge >= 0.3 is 0 Å². The van der Waals surface area contributed by atoms with Crippen LogP contribution in [-0.4, -0.2) is 40.0 Å². The number of aryl methyl sites for hydroxylation is 1. The number of nitrogens with one attached hydrogen (secondary N) is 1. The van der Waals surface area contributed by atoms with Gasteiger partial charge in [0.25, 0.3) is 11.1 Å².